The predicted molar refractivity (Wildman–Crippen MR) is 127 cm³/mol. The second-order valence-corrected chi connectivity index (χ2v) is 7.53. The Kier molecular flexibility index (Phi) is 8.55. The number of carbonyl (C=O) groups excluding carboxylic acids is 1. The zero-order valence-corrected chi connectivity index (χ0v) is 19.0. The molecule has 168 valence electrons. The van der Waals surface area contributed by atoms with Crippen LogP contribution in [0.15, 0.2) is 72.8 Å². The fourth-order valence-electron chi connectivity index (χ4n) is 3.88. The first-order valence-electron chi connectivity index (χ1n) is 10.8. The minimum Gasteiger partial charge on any atom is -0.496 e. The van der Waals surface area contributed by atoms with E-state index in [0.717, 1.165) is 12.0 Å². The van der Waals surface area contributed by atoms with Gasteiger partial charge in [0, 0.05) is 24.9 Å². The van der Waals surface area contributed by atoms with Gasteiger partial charge < -0.3 is 19.5 Å². The van der Waals surface area contributed by atoms with Crippen LogP contribution in [0.1, 0.15) is 35.4 Å². The molecule has 0 aliphatic heterocycles. The third kappa shape index (κ3) is 6.03. The molecule has 0 saturated heterocycles. The fourth-order valence-corrected chi connectivity index (χ4v) is 3.88. The van der Waals surface area contributed by atoms with E-state index in [1.54, 1.807) is 27.4 Å². The van der Waals surface area contributed by atoms with Gasteiger partial charge >= 0.3 is 0 Å². The Morgan fingerprint density at radius 1 is 0.781 bits per heavy atom. The summed E-state index contributed by atoms with van der Waals surface area (Å²) in [7, 11) is 4.79. The van der Waals surface area contributed by atoms with E-state index >= 15 is 0 Å². The lowest BCUT2D eigenvalue weighted by atomic mass is 9.88. The van der Waals surface area contributed by atoms with Gasteiger partial charge in [-0.25, -0.2) is 0 Å². The number of amides is 1. The minimum atomic E-state index is 0.0155. The van der Waals surface area contributed by atoms with Crippen LogP contribution in [0.5, 0.6) is 17.2 Å². The SMILES string of the molecule is COc1cc(OC)c(OC)cc1CCC(=O)NCCC(c1ccccc1)c1ccccc1. The molecule has 3 aromatic rings. The standard InChI is InChI=1S/C27H31NO4/c1-30-24-19-26(32-3)25(31-2)18-22(24)14-15-27(29)28-17-16-23(20-10-6-4-7-11-20)21-12-8-5-9-13-21/h4-13,18-19,23H,14-17H2,1-3H3,(H,28,29). The molecular weight excluding hydrogens is 402 g/mol. The maximum absolute atomic E-state index is 12.5. The first-order valence-corrected chi connectivity index (χ1v) is 10.8. The molecule has 0 unspecified atom stereocenters. The molecule has 0 fully saturated rings. The zero-order valence-electron chi connectivity index (χ0n) is 19.0. The summed E-state index contributed by atoms with van der Waals surface area (Å²) < 4.78 is 16.2. The van der Waals surface area contributed by atoms with E-state index in [4.69, 9.17) is 14.2 Å². The van der Waals surface area contributed by atoms with Crippen molar-refractivity contribution in [1.29, 1.82) is 0 Å². The highest BCUT2D eigenvalue weighted by Gasteiger charge is 2.15. The van der Waals surface area contributed by atoms with Crippen molar-refractivity contribution in [3.05, 3.63) is 89.5 Å². The van der Waals surface area contributed by atoms with Gasteiger partial charge in [0.2, 0.25) is 5.91 Å². The molecule has 5 nitrogen and oxygen atoms in total. The van der Waals surface area contributed by atoms with Crippen molar-refractivity contribution in [2.45, 2.75) is 25.2 Å². The average molecular weight is 434 g/mol. The molecule has 0 aliphatic carbocycles. The van der Waals surface area contributed by atoms with Crippen molar-refractivity contribution in [2.75, 3.05) is 27.9 Å². The molecule has 0 aliphatic rings. The van der Waals surface area contributed by atoms with Gasteiger partial charge in [0.25, 0.3) is 0 Å². The number of aryl methyl sites for hydroxylation is 1. The summed E-state index contributed by atoms with van der Waals surface area (Å²) in [6.07, 6.45) is 1.75. The van der Waals surface area contributed by atoms with E-state index in [1.807, 2.05) is 18.2 Å². The number of rotatable bonds is 11. The normalized spacial score (nSPS) is 10.6. The van der Waals surface area contributed by atoms with E-state index in [9.17, 15) is 4.79 Å². The van der Waals surface area contributed by atoms with Crippen molar-refractivity contribution in [2.24, 2.45) is 0 Å². The van der Waals surface area contributed by atoms with Crippen LogP contribution in [-0.2, 0) is 11.2 Å². The minimum absolute atomic E-state index is 0.0155. The van der Waals surface area contributed by atoms with Gasteiger partial charge in [-0.3, -0.25) is 4.79 Å². The monoisotopic (exact) mass is 433 g/mol. The van der Waals surface area contributed by atoms with Crippen LogP contribution in [0.2, 0.25) is 0 Å². The van der Waals surface area contributed by atoms with E-state index < -0.39 is 0 Å². The van der Waals surface area contributed by atoms with Crippen LogP contribution in [0.4, 0.5) is 0 Å². The largest absolute Gasteiger partial charge is 0.496 e. The third-order valence-electron chi connectivity index (χ3n) is 5.57. The molecule has 1 amide bonds. The second kappa shape index (κ2) is 11.8. The molecule has 0 heterocycles. The lowest BCUT2D eigenvalue weighted by molar-refractivity contribution is -0.121. The van der Waals surface area contributed by atoms with Gasteiger partial charge in [-0.1, -0.05) is 60.7 Å². The molecular formula is C27H31NO4. The highest BCUT2D eigenvalue weighted by Crippen LogP contribution is 2.35. The van der Waals surface area contributed by atoms with E-state index in [2.05, 4.69) is 53.8 Å². The van der Waals surface area contributed by atoms with Gasteiger partial charge in [0.15, 0.2) is 11.5 Å². The Bertz CT molecular complexity index is 950. The molecule has 3 aromatic carbocycles. The van der Waals surface area contributed by atoms with Gasteiger partial charge in [-0.05, 0) is 35.6 Å². The lowest BCUT2D eigenvalue weighted by Gasteiger charge is -2.18. The molecule has 0 aromatic heterocycles. The molecule has 0 saturated carbocycles. The zero-order chi connectivity index (χ0) is 22.8. The Hall–Kier alpha value is -3.47. The molecule has 0 spiro atoms. The molecule has 0 bridgehead atoms. The van der Waals surface area contributed by atoms with Crippen molar-refractivity contribution >= 4 is 5.91 Å². The molecule has 0 atom stereocenters. The molecule has 0 radical (unpaired) electrons. The smallest absolute Gasteiger partial charge is 0.220 e. The Balaban J connectivity index is 1.59. The maximum atomic E-state index is 12.5. The Labute approximate surface area is 190 Å². The summed E-state index contributed by atoms with van der Waals surface area (Å²) in [5.74, 6) is 2.16. The average Bonchev–Trinajstić information content (AvgIpc) is 2.85. The Morgan fingerprint density at radius 2 is 1.31 bits per heavy atom. The van der Waals surface area contributed by atoms with Crippen LogP contribution in [0.3, 0.4) is 0 Å². The fraction of sp³-hybridized carbons (Fsp3) is 0.296. The summed E-state index contributed by atoms with van der Waals surface area (Å²) in [4.78, 5) is 12.5. The Morgan fingerprint density at radius 3 is 1.84 bits per heavy atom. The van der Waals surface area contributed by atoms with Crippen molar-refractivity contribution in [3.63, 3.8) is 0 Å². The summed E-state index contributed by atoms with van der Waals surface area (Å²) >= 11 is 0. The topological polar surface area (TPSA) is 56.8 Å². The number of hydrogen-bond acceptors (Lipinski definition) is 4. The number of nitrogens with one attached hydrogen (secondary N) is 1. The van der Waals surface area contributed by atoms with Gasteiger partial charge in [-0.15, -0.1) is 0 Å². The second-order valence-electron chi connectivity index (χ2n) is 7.53. The highest BCUT2D eigenvalue weighted by atomic mass is 16.5. The van der Waals surface area contributed by atoms with Crippen LogP contribution in [-0.4, -0.2) is 33.8 Å². The number of carbonyl (C=O) groups is 1. The number of hydrogen-bond donors (Lipinski definition) is 1. The van der Waals surface area contributed by atoms with Crippen molar-refractivity contribution in [3.8, 4) is 17.2 Å². The molecule has 3 rings (SSSR count). The van der Waals surface area contributed by atoms with E-state index in [0.29, 0.717) is 36.6 Å². The molecule has 5 heteroatoms. The highest BCUT2D eigenvalue weighted by molar-refractivity contribution is 5.76. The molecule has 32 heavy (non-hydrogen) atoms. The summed E-state index contributed by atoms with van der Waals surface area (Å²) in [6, 6.07) is 24.5. The summed E-state index contributed by atoms with van der Waals surface area (Å²) in [6.45, 7) is 0.607. The number of methoxy groups -OCH3 is 3. The van der Waals surface area contributed by atoms with Crippen LogP contribution >= 0.6 is 0 Å². The van der Waals surface area contributed by atoms with Crippen LogP contribution in [0, 0.1) is 0 Å². The van der Waals surface area contributed by atoms with E-state index in [-0.39, 0.29) is 11.8 Å². The van der Waals surface area contributed by atoms with Gasteiger partial charge in [0.1, 0.15) is 5.75 Å². The van der Waals surface area contributed by atoms with Crippen LogP contribution < -0.4 is 19.5 Å². The maximum Gasteiger partial charge on any atom is 0.220 e. The van der Waals surface area contributed by atoms with E-state index in [1.165, 1.54) is 11.1 Å². The predicted octanol–water partition coefficient (Wildman–Crippen LogP) is 4.98. The first-order chi connectivity index (χ1) is 15.7. The first kappa shape index (κ1) is 23.2. The van der Waals surface area contributed by atoms with Crippen LogP contribution in [0.25, 0.3) is 0 Å². The third-order valence-corrected chi connectivity index (χ3v) is 5.57. The lowest BCUT2D eigenvalue weighted by Crippen LogP contribution is -2.26. The van der Waals surface area contributed by atoms with Crippen molar-refractivity contribution < 1.29 is 19.0 Å². The number of ether oxygens (including phenoxy) is 3. The summed E-state index contributed by atoms with van der Waals surface area (Å²) in [5, 5.41) is 3.08. The van der Waals surface area contributed by atoms with Gasteiger partial charge in [0.05, 0.1) is 21.3 Å². The van der Waals surface area contributed by atoms with Gasteiger partial charge in [-0.2, -0.15) is 0 Å². The number of benzene rings is 3. The molecule has 1 N–H and O–H groups in total. The summed E-state index contributed by atoms with van der Waals surface area (Å²) in [5.41, 5.74) is 3.41. The van der Waals surface area contributed by atoms with Crippen molar-refractivity contribution in [1.82, 2.24) is 5.32 Å². The quantitative estimate of drug-likeness (QED) is 0.463.